The second kappa shape index (κ2) is 13.7. The van der Waals surface area contributed by atoms with Crippen molar-refractivity contribution in [1.82, 2.24) is 0 Å². The van der Waals surface area contributed by atoms with E-state index in [1.807, 2.05) is 0 Å². The Bertz CT molecular complexity index is 562. The summed E-state index contributed by atoms with van der Waals surface area (Å²) in [5.41, 5.74) is 12.0. The monoisotopic (exact) mass is 444 g/mol. The van der Waals surface area contributed by atoms with E-state index in [1.165, 1.54) is 77.0 Å². The van der Waals surface area contributed by atoms with Gasteiger partial charge in [-0.25, -0.2) is 0 Å². The van der Waals surface area contributed by atoms with Crippen LogP contribution in [0.3, 0.4) is 0 Å². The van der Waals surface area contributed by atoms with Crippen LogP contribution in [0.25, 0.3) is 0 Å². The molecule has 1 saturated carbocycles. The summed E-state index contributed by atoms with van der Waals surface area (Å²) in [6, 6.07) is 0. The van der Waals surface area contributed by atoms with Crippen LogP contribution in [0.15, 0.2) is 45.8 Å². The number of allylic oxidation sites excluding steroid dienone is 6. The molecule has 0 atom stereocenters. The van der Waals surface area contributed by atoms with Crippen LogP contribution >= 0.6 is 0 Å². The fraction of sp³-hybridized carbons (Fsp3) is 0.714. The van der Waals surface area contributed by atoms with Crippen LogP contribution in [-0.2, 0) is 0 Å². The Morgan fingerprint density at radius 2 is 0.900 bits per heavy atom. The van der Waals surface area contributed by atoms with Gasteiger partial charge in [-0.15, -0.1) is 0 Å². The van der Waals surface area contributed by atoms with Crippen LogP contribution in [-0.4, -0.2) is 16.1 Å². The van der Waals surface area contributed by atoms with Gasteiger partial charge >= 0.3 is 0 Å². The third-order valence-corrected chi connectivity index (χ3v) is 8.13. The Balaban J connectivity index is 3.13. The second-order valence-corrected chi connectivity index (χ2v) is 21.6. The van der Waals surface area contributed by atoms with Gasteiger partial charge in [0.2, 0.25) is 0 Å². The molecule has 0 unspecified atom stereocenters. The molecule has 172 valence electrons. The van der Waals surface area contributed by atoms with Crippen molar-refractivity contribution in [2.24, 2.45) is 0 Å². The summed E-state index contributed by atoms with van der Waals surface area (Å²) in [6.07, 6.45) is 21.0. The first-order valence-corrected chi connectivity index (χ1v) is 20.0. The molecular weight excluding hydrogens is 392 g/mol. The smallest absolute Gasteiger partial charge is 0.0690 e. The first kappa shape index (κ1) is 27.4. The zero-order valence-electron chi connectivity index (χ0n) is 21.8. The van der Waals surface area contributed by atoms with Crippen LogP contribution in [0.2, 0.25) is 39.3 Å². The first-order valence-electron chi connectivity index (χ1n) is 12.9. The van der Waals surface area contributed by atoms with Crippen molar-refractivity contribution in [2.45, 2.75) is 130 Å². The van der Waals surface area contributed by atoms with E-state index in [1.54, 1.807) is 22.3 Å². The van der Waals surface area contributed by atoms with Gasteiger partial charge in [0.1, 0.15) is 0 Å². The van der Waals surface area contributed by atoms with Crippen LogP contribution in [0, 0.1) is 0 Å². The van der Waals surface area contributed by atoms with E-state index in [-0.39, 0.29) is 0 Å². The normalized spacial score (nSPS) is 21.3. The fourth-order valence-corrected chi connectivity index (χ4v) is 6.96. The maximum atomic E-state index is 2.70. The number of hydrogen-bond donors (Lipinski definition) is 0. The Labute approximate surface area is 192 Å². The lowest BCUT2D eigenvalue weighted by Gasteiger charge is -2.29. The molecule has 1 rings (SSSR count). The van der Waals surface area contributed by atoms with Gasteiger partial charge in [-0.05, 0) is 60.8 Å². The van der Waals surface area contributed by atoms with Crippen LogP contribution in [0.1, 0.15) is 90.9 Å². The molecule has 30 heavy (non-hydrogen) atoms. The molecule has 0 aromatic heterocycles. The summed E-state index contributed by atoms with van der Waals surface area (Å²) >= 11 is 0. The van der Waals surface area contributed by atoms with E-state index >= 15 is 0 Å². The van der Waals surface area contributed by atoms with Crippen molar-refractivity contribution in [2.75, 3.05) is 0 Å². The quantitative estimate of drug-likeness (QED) is 0.207. The molecule has 0 aromatic carbocycles. The fourth-order valence-electron chi connectivity index (χ4n) is 4.30. The van der Waals surface area contributed by atoms with E-state index in [2.05, 4.69) is 76.7 Å². The highest BCUT2D eigenvalue weighted by atomic mass is 28.3. The summed E-state index contributed by atoms with van der Waals surface area (Å²) in [7, 11) is -2.47. The average Bonchev–Trinajstić information content (AvgIpc) is 2.61. The van der Waals surface area contributed by atoms with Gasteiger partial charge in [-0.1, -0.05) is 115 Å². The molecule has 0 bridgehead atoms. The predicted molar refractivity (Wildman–Crippen MR) is 146 cm³/mol. The topological polar surface area (TPSA) is 0 Å². The highest BCUT2D eigenvalue weighted by Gasteiger charge is 2.24. The minimum absolute atomic E-state index is 1.18. The summed E-state index contributed by atoms with van der Waals surface area (Å²) in [6.45, 7) is 19.5. The molecule has 1 aliphatic rings. The van der Waals surface area contributed by atoms with Crippen LogP contribution in [0.5, 0.6) is 0 Å². The van der Waals surface area contributed by atoms with E-state index in [9.17, 15) is 0 Å². The predicted octanol–water partition coefficient (Wildman–Crippen LogP) is 10.2. The third kappa shape index (κ3) is 12.3. The molecule has 0 aromatic rings. The van der Waals surface area contributed by atoms with Gasteiger partial charge < -0.3 is 0 Å². The van der Waals surface area contributed by atoms with E-state index in [0.717, 1.165) is 0 Å². The highest BCUT2D eigenvalue weighted by Crippen LogP contribution is 2.39. The molecular formula is C28H52Si2. The lowest BCUT2D eigenvalue weighted by molar-refractivity contribution is 0.671. The lowest BCUT2D eigenvalue weighted by atomic mass is 9.82. The number of hydrogen-bond acceptors (Lipinski definition) is 0. The zero-order chi connectivity index (χ0) is 22.6. The van der Waals surface area contributed by atoms with Crippen molar-refractivity contribution in [3.63, 3.8) is 0 Å². The Morgan fingerprint density at radius 3 is 1.20 bits per heavy atom. The number of unbranched alkanes of at least 4 members (excludes halogenated alkanes) is 8. The largest absolute Gasteiger partial charge is 0.0913 e. The summed E-state index contributed by atoms with van der Waals surface area (Å²) < 4.78 is 0. The van der Waals surface area contributed by atoms with Crippen molar-refractivity contribution in [3.05, 3.63) is 45.8 Å². The zero-order valence-corrected chi connectivity index (χ0v) is 23.8. The van der Waals surface area contributed by atoms with Gasteiger partial charge in [0, 0.05) is 0 Å². The van der Waals surface area contributed by atoms with Crippen molar-refractivity contribution in [1.29, 1.82) is 0 Å². The Morgan fingerprint density at radius 1 is 0.533 bits per heavy atom. The molecule has 1 fully saturated rings. The molecule has 0 radical (unpaired) electrons. The average molecular weight is 445 g/mol. The Kier molecular flexibility index (Phi) is 12.6. The van der Waals surface area contributed by atoms with E-state index < -0.39 is 16.1 Å². The third-order valence-electron chi connectivity index (χ3n) is 5.70. The van der Waals surface area contributed by atoms with Gasteiger partial charge in [-0.3, -0.25) is 0 Å². The minimum Gasteiger partial charge on any atom is -0.0913 e. The summed E-state index contributed by atoms with van der Waals surface area (Å²) in [4.78, 5) is 0. The molecule has 1 aliphatic carbocycles. The lowest BCUT2D eigenvalue weighted by Crippen LogP contribution is -2.21. The minimum atomic E-state index is -1.23. The molecule has 0 nitrogen and oxygen atoms in total. The maximum absolute atomic E-state index is 2.70. The molecule has 0 amide bonds. The van der Waals surface area contributed by atoms with E-state index in [0.29, 0.717) is 0 Å². The molecule has 0 heterocycles. The van der Waals surface area contributed by atoms with Crippen molar-refractivity contribution < 1.29 is 0 Å². The number of rotatable bonds is 12. The van der Waals surface area contributed by atoms with Crippen LogP contribution in [0.4, 0.5) is 0 Å². The van der Waals surface area contributed by atoms with Gasteiger partial charge in [-0.2, -0.15) is 0 Å². The van der Waals surface area contributed by atoms with Gasteiger partial charge in [0.05, 0.1) is 16.1 Å². The van der Waals surface area contributed by atoms with Crippen molar-refractivity contribution in [3.8, 4) is 0 Å². The summed E-state index contributed by atoms with van der Waals surface area (Å²) in [5, 5.41) is 0. The van der Waals surface area contributed by atoms with Crippen molar-refractivity contribution >= 4 is 16.1 Å². The molecule has 0 saturated heterocycles. The molecule has 0 aliphatic heterocycles. The first-order chi connectivity index (χ1) is 14.1. The van der Waals surface area contributed by atoms with Gasteiger partial charge in [0.15, 0.2) is 0 Å². The maximum Gasteiger partial charge on any atom is 0.0690 e. The van der Waals surface area contributed by atoms with E-state index in [4.69, 9.17) is 0 Å². The second-order valence-electron chi connectivity index (χ2n) is 11.6. The SMILES string of the molecule is CCCCCC/C=C1\CC(=C\[Si](C)(C)C)/C(=C/CCCCCC)C\C1=C/[Si](C)(C)C. The highest BCUT2D eigenvalue weighted by molar-refractivity contribution is 6.81. The standard InChI is InChI=1S/C28H52Si2/c1-9-11-13-15-17-19-25-21-28(24-30(6,7)8)26(20-18-16-14-12-10-2)22-27(25)23-29(3,4)5/h19-20,23-24H,9-18,21-22H2,1-8H3/b25-19+,26-20+,27-23+,28-24+. The molecule has 0 spiro atoms. The van der Waals surface area contributed by atoms with Gasteiger partial charge in [0.25, 0.3) is 0 Å². The Hall–Kier alpha value is -0.606. The molecule has 0 N–H and O–H groups in total. The molecule has 2 heteroatoms. The van der Waals surface area contributed by atoms with Crippen LogP contribution < -0.4 is 0 Å². The summed E-state index contributed by atoms with van der Waals surface area (Å²) in [5.74, 6) is 0.